The van der Waals surface area contributed by atoms with Gasteiger partial charge in [0.25, 0.3) is 0 Å². The molecule has 0 aromatic heterocycles. The summed E-state index contributed by atoms with van der Waals surface area (Å²) in [6.45, 7) is 2.34. The predicted molar refractivity (Wildman–Crippen MR) is 55.8 cm³/mol. The van der Waals surface area contributed by atoms with E-state index in [0.29, 0.717) is 23.5 Å². The molecule has 0 aliphatic rings. The van der Waals surface area contributed by atoms with E-state index in [1.54, 1.807) is 18.2 Å². The molecule has 0 bridgehead atoms. The third-order valence-corrected chi connectivity index (χ3v) is 1.65. The van der Waals surface area contributed by atoms with Gasteiger partial charge in [-0.05, 0) is 24.6 Å². The van der Waals surface area contributed by atoms with Gasteiger partial charge < -0.3 is 16.2 Å². The van der Waals surface area contributed by atoms with Crippen molar-refractivity contribution in [2.24, 2.45) is 0 Å². The number of nitrogens with two attached hydrogens (primary N) is 2. The van der Waals surface area contributed by atoms with E-state index in [-0.39, 0.29) is 5.97 Å². The summed E-state index contributed by atoms with van der Waals surface area (Å²) in [6.07, 6.45) is 0.795. The molecule has 1 aromatic rings. The molecule has 0 aliphatic heterocycles. The quantitative estimate of drug-likeness (QED) is 0.563. The van der Waals surface area contributed by atoms with Gasteiger partial charge in [0.1, 0.15) is 0 Å². The van der Waals surface area contributed by atoms with Crippen molar-refractivity contribution in [3.05, 3.63) is 23.8 Å². The van der Waals surface area contributed by atoms with Crippen LogP contribution in [0.1, 0.15) is 23.7 Å². The van der Waals surface area contributed by atoms with Crippen molar-refractivity contribution in [1.82, 2.24) is 0 Å². The number of carbonyl (C=O) groups excluding carboxylic acids is 1. The maximum Gasteiger partial charge on any atom is 0.338 e. The predicted octanol–water partition coefficient (Wildman–Crippen LogP) is 1.42. The number of nitrogen functional groups attached to an aromatic ring is 2. The summed E-state index contributed by atoms with van der Waals surface area (Å²) in [5.41, 5.74) is 12.4. The number of carbonyl (C=O) groups is 1. The first-order valence-corrected chi connectivity index (χ1v) is 4.46. The smallest absolute Gasteiger partial charge is 0.338 e. The fourth-order valence-electron chi connectivity index (χ4n) is 1.07. The molecule has 1 rings (SSSR count). The molecule has 14 heavy (non-hydrogen) atoms. The van der Waals surface area contributed by atoms with Gasteiger partial charge in [-0.2, -0.15) is 0 Å². The molecule has 76 valence electrons. The molecule has 1 aromatic carbocycles. The number of esters is 1. The van der Waals surface area contributed by atoms with Crippen LogP contribution in [0.5, 0.6) is 0 Å². The maximum absolute atomic E-state index is 11.4. The topological polar surface area (TPSA) is 78.3 Å². The molecule has 0 saturated heterocycles. The lowest BCUT2D eigenvalue weighted by molar-refractivity contribution is 0.0505. The van der Waals surface area contributed by atoms with Gasteiger partial charge in [0.15, 0.2) is 0 Å². The lowest BCUT2D eigenvalue weighted by atomic mass is 10.2. The fraction of sp³-hybridized carbons (Fsp3) is 0.300. The second-order valence-electron chi connectivity index (χ2n) is 3.02. The summed E-state index contributed by atoms with van der Waals surface area (Å²) in [5.74, 6) is -0.383. The van der Waals surface area contributed by atoms with Gasteiger partial charge in [0, 0.05) is 11.4 Å². The highest BCUT2D eigenvalue weighted by molar-refractivity contribution is 5.91. The van der Waals surface area contributed by atoms with Crippen molar-refractivity contribution >= 4 is 17.3 Å². The molecule has 0 spiro atoms. The lowest BCUT2D eigenvalue weighted by Gasteiger charge is -2.04. The third kappa shape index (κ3) is 2.65. The van der Waals surface area contributed by atoms with Gasteiger partial charge in [0.05, 0.1) is 12.2 Å². The highest BCUT2D eigenvalue weighted by atomic mass is 16.5. The monoisotopic (exact) mass is 194 g/mol. The second kappa shape index (κ2) is 4.50. The van der Waals surface area contributed by atoms with E-state index >= 15 is 0 Å². The Hall–Kier alpha value is -1.71. The third-order valence-electron chi connectivity index (χ3n) is 1.65. The number of anilines is 2. The first-order valence-electron chi connectivity index (χ1n) is 4.46. The van der Waals surface area contributed by atoms with E-state index in [1.165, 1.54) is 0 Å². The summed E-state index contributed by atoms with van der Waals surface area (Å²) >= 11 is 0. The fourth-order valence-corrected chi connectivity index (χ4v) is 1.07. The molecule has 0 atom stereocenters. The van der Waals surface area contributed by atoms with Crippen LogP contribution in [0.3, 0.4) is 0 Å². The van der Waals surface area contributed by atoms with Crippen LogP contribution in [0.15, 0.2) is 18.2 Å². The highest BCUT2D eigenvalue weighted by Crippen LogP contribution is 2.14. The van der Waals surface area contributed by atoms with Gasteiger partial charge in [-0.1, -0.05) is 6.92 Å². The van der Waals surface area contributed by atoms with Gasteiger partial charge in [-0.15, -0.1) is 0 Å². The molecular weight excluding hydrogens is 180 g/mol. The van der Waals surface area contributed by atoms with Crippen LogP contribution >= 0.6 is 0 Å². The van der Waals surface area contributed by atoms with Crippen LogP contribution < -0.4 is 11.5 Å². The van der Waals surface area contributed by atoms with E-state index < -0.39 is 0 Å². The Morgan fingerprint density at radius 2 is 1.86 bits per heavy atom. The standard InChI is InChI=1S/C10H14N2O2/c1-2-3-14-10(13)7-4-8(11)6-9(12)5-7/h4-6H,2-3,11-12H2,1H3. The Labute approximate surface area is 82.8 Å². The van der Waals surface area contributed by atoms with Crippen molar-refractivity contribution < 1.29 is 9.53 Å². The second-order valence-corrected chi connectivity index (χ2v) is 3.02. The maximum atomic E-state index is 11.4. The van der Waals surface area contributed by atoms with Crippen LogP contribution in [-0.2, 0) is 4.74 Å². The highest BCUT2D eigenvalue weighted by Gasteiger charge is 2.07. The van der Waals surface area contributed by atoms with E-state index in [0.717, 1.165) is 6.42 Å². The zero-order valence-corrected chi connectivity index (χ0v) is 8.12. The lowest BCUT2D eigenvalue weighted by Crippen LogP contribution is -2.07. The van der Waals surface area contributed by atoms with Crippen LogP contribution in [0.4, 0.5) is 11.4 Å². The minimum atomic E-state index is -0.383. The van der Waals surface area contributed by atoms with Crippen LogP contribution in [0, 0.1) is 0 Å². The average molecular weight is 194 g/mol. The molecule has 0 fully saturated rings. The first-order chi connectivity index (χ1) is 6.63. The molecule has 0 heterocycles. The minimum absolute atomic E-state index is 0.383. The van der Waals surface area contributed by atoms with E-state index in [1.807, 2.05) is 6.92 Å². The van der Waals surface area contributed by atoms with E-state index in [2.05, 4.69) is 0 Å². The van der Waals surface area contributed by atoms with Crippen LogP contribution in [-0.4, -0.2) is 12.6 Å². The molecule has 0 saturated carbocycles. The van der Waals surface area contributed by atoms with E-state index in [9.17, 15) is 4.79 Å². The van der Waals surface area contributed by atoms with Crippen molar-refractivity contribution in [3.8, 4) is 0 Å². The van der Waals surface area contributed by atoms with Crippen molar-refractivity contribution in [2.75, 3.05) is 18.1 Å². The summed E-state index contributed by atoms with van der Waals surface area (Å²) in [4.78, 5) is 11.4. The molecule has 4 N–H and O–H groups in total. The molecule has 0 amide bonds. The first kappa shape index (κ1) is 10.4. The van der Waals surface area contributed by atoms with Crippen molar-refractivity contribution in [1.29, 1.82) is 0 Å². The molecule has 4 nitrogen and oxygen atoms in total. The van der Waals surface area contributed by atoms with Gasteiger partial charge in [-0.3, -0.25) is 0 Å². The number of ether oxygens (including phenoxy) is 1. The van der Waals surface area contributed by atoms with E-state index in [4.69, 9.17) is 16.2 Å². The zero-order valence-electron chi connectivity index (χ0n) is 8.12. The Morgan fingerprint density at radius 3 is 2.36 bits per heavy atom. The van der Waals surface area contributed by atoms with Crippen molar-refractivity contribution in [3.63, 3.8) is 0 Å². The molecule has 0 radical (unpaired) electrons. The number of rotatable bonds is 3. The zero-order chi connectivity index (χ0) is 10.6. The number of benzene rings is 1. The van der Waals surface area contributed by atoms with Gasteiger partial charge in [-0.25, -0.2) is 4.79 Å². The summed E-state index contributed by atoms with van der Waals surface area (Å²) < 4.78 is 4.94. The Morgan fingerprint density at radius 1 is 1.29 bits per heavy atom. The largest absolute Gasteiger partial charge is 0.462 e. The average Bonchev–Trinajstić information content (AvgIpc) is 2.12. The molecule has 0 aliphatic carbocycles. The molecular formula is C10H14N2O2. The summed E-state index contributed by atoms with van der Waals surface area (Å²) in [5, 5.41) is 0. The number of hydrogen-bond acceptors (Lipinski definition) is 4. The van der Waals surface area contributed by atoms with Crippen LogP contribution in [0.2, 0.25) is 0 Å². The summed E-state index contributed by atoms with van der Waals surface area (Å²) in [6, 6.07) is 4.69. The Balaban J connectivity index is 2.79. The summed E-state index contributed by atoms with van der Waals surface area (Å²) in [7, 11) is 0. The Kier molecular flexibility index (Phi) is 3.34. The molecule has 0 unspecified atom stereocenters. The molecule has 4 heteroatoms. The van der Waals surface area contributed by atoms with Crippen LogP contribution in [0.25, 0.3) is 0 Å². The number of hydrogen-bond donors (Lipinski definition) is 2. The normalized spacial score (nSPS) is 9.79. The van der Waals surface area contributed by atoms with Gasteiger partial charge in [0.2, 0.25) is 0 Å². The van der Waals surface area contributed by atoms with Gasteiger partial charge >= 0.3 is 5.97 Å². The van der Waals surface area contributed by atoms with Crippen molar-refractivity contribution in [2.45, 2.75) is 13.3 Å². The Bertz CT molecular complexity index is 317. The SMILES string of the molecule is CCCOC(=O)c1cc(N)cc(N)c1. The minimum Gasteiger partial charge on any atom is -0.462 e.